The Kier molecular flexibility index (Phi) is 4.83. The van der Waals surface area contributed by atoms with Crippen LogP contribution in [0.15, 0.2) is 30.3 Å². The van der Waals surface area contributed by atoms with Gasteiger partial charge in [0, 0.05) is 13.1 Å². The van der Waals surface area contributed by atoms with E-state index < -0.39 is 0 Å². The van der Waals surface area contributed by atoms with E-state index in [1.807, 2.05) is 6.07 Å². The predicted molar refractivity (Wildman–Crippen MR) is 110 cm³/mol. The third-order valence-electron chi connectivity index (χ3n) is 5.65. The van der Waals surface area contributed by atoms with Crippen LogP contribution in [0.4, 0.5) is 0 Å². The molecule has 0 radical (unpaired) electrons. The largest absolute Gasteiger partial charge is 0.497 e. The van der Waals surface area contributed by atoms with Gasteiger partial charge in [0.15, 0.2) is 11.5 Å². The van der Waals surface area contributed by atoms with Crippen molar-refractivity contribution in [1.29, 1.82) is 0 Å². The minimum Gasteiger partial charge on any atom is -0.497 e. The van der Waals surface area contributed by atoms with Gasteiger partial charge in [0.1, 0.15) is 5.75 Å². The molecule has 0 saturated heterocycles. The van der Waals surface area contributed by atoms with Crippen molar-refractivity contribution in [2.24, 2.45) is 0 Å². The van der Waals surface area contributed by atoms with Gasteiger partial charge in [0.25, 0.3) is 0 Å². The molecule has 0 atom stereocenters. The molecule has 0 amide bonds. The lowest BCUT2D eigenvalue weighted by atomic mass is 9.87. The number of methoxy groups -OCH3 is 3. The number of nitrogens with zero attached hydrogens (tertiary/aromatic N) is 1. The summed E-state index contributed by atoms with van der Waals surface area (Å²) in [5, 5.41) is 5.01. The SMILES string of the molecule is CCCN1CCc2c(c3cc(OC)ccc3c3cc(OC)c(OC)cc23)C1. The Morgan fingerprint density at radius 3 is 2.19 bits per heavy atom. The van der Waals surface area contributed by atoms with Crippen LogP contribution in [0.3, 0.4) is 0 Å². The van der Waals surface area contributed by atoms with Gasteiger partial charge >= 0.3 is 0 Å². The summed E-state index contributed by atoms with van der Waals surface area (Å²) in [6.07, 6.45) is 2.23. The highest BCUT2D eigenvalue weighted by Gasteiger charge is 2.23. The van der Waals surface area contributed by atoms with Gasteiger partial charge in [0.05, 0.1) is 21.3 Å². The van der Waals surface area contributed by atoms with Crippen LogP contribution in [-0.2, 0) is 13.0 Å². The molecular weight excluding hydrogens is 338 g/mol. The van der Waals surface area contributed by atoms with Gasteiger partial charge in [-0.15, -0.1) is 0 Å². The number of benzene rings is 3. The Morgan fingerprint density at radius 2 is 1.52 bits per heavy atom. The van der Waals surface area contributed by atoms with E-state index in [1.54, 1.807) is 21.3 Å². The molecule has 1 heterocycles. The average Bonchev–Trinajstić information content (AvgIpc) is 2.72. The van der Waals surface area contributed by atoms with E-state index in [0.717, 1.165) is 43.3 Å². The molecule has 4 rings (SSSR count). The smallest absolute Gasteiger partial charge is 0.161 e. The van der Waals surface area contributed by atoms with Gasteiger partial charge in [-0.3, -0.25) is 4.90 Å². The van der Waals surface area contributed by atoms with Crippen molar-refractivity contribution in [3.05, 3.63) is 41.5 Å². The zero-order chi connectivity index (χ0) is 19.0. The molecule has 3 aromatic rings. The number of rotatable bonds is 5. The van der Waals surface area contributed by atoms with Crippen LogP contribution >= 0.6 is 0 Å². The quantitative estimate of drug-likeness (QED) is 0.609. The van der Waals surface area contributed by atoms with Crippen molar-refractivity contribution < 1.29 is 14.2 Å². The zero-order valence-corrected chi connectivity index (χ0v) is 16.6. The van der Waals surface area contributed by atoms with Gasteiger partial charge in [0.2, 0.25) is 0 Å². The molecule has 0 bridgehead atoms. The minimum atomic E-state index is 0.769. The Bertz CT molecular complexity index is 996. The van der Waals surface area contributed by atoms with Crippen LogP contribution < -0.4 is 14.2 Å². The van der Waals surface area contributed by atoms with Crippen LogP contribution in [0.2, 0.25) is 0 Å². The Balaban J connectivity index is 2.06. The van der Waals surface area contributed by atoms with E-state index in [0.29, 0.717) is 0 Å². The highest BCUT2D eigenvalue weighted by molar-refractivity contribution is 6.12. The average molecular weight is 365 g/mol. The summed E-state index contributed by atoms with van der Waals surface area (Å²) in [5.74, 6) is 2.46. The van der Waals surface area contributed by atoms with Gasteiger partial charge in [-0.1, -0.05) is 13.0 Å². The van der Waals surface area contributed by atoms with E-state index in [4.69, 9.17) is 14.2 Å². The van der Waals surface area contributed by atoms with Crippen molar-refractivity contribution in [2.75, 3.05) is 34.4 Å². The zero-order valence-electron chi connectivity index (χ0n) is 16.6. The highest BCUT2D eigenvalue weighted by atomic mass is 16.5. The summed E-state index contributed by atoms with van der Waals surface area (Å²) in [4.78, 5) is 2.55. The van der Waals surface area contributed by atoms with E-state index >= 15 is 0 Å². The molecule has 0 fully saturated rings. The molecule has 3 aromatic carbocycles. The third kappa shape index (κ3) is 2.98. The second-order valence-corrected chi connectivity index (χ2v) is 7.15. The number of ether oxygens (including phenoxy) is 3. The lowest BCUT2D eigenvalue weighted by Gasteiger charge is -2.31. The van der Waals surface area contributed by atoms with Gasteiger partial charge < -0.3 is 14.2 Å². The molecule has 4 heteroatoms. The molecule has 1 aliphatic rings. The number of hydrogen-bond donors (Lipinski definition) is 0. The Morgan fingerprint density at radius 1 is 0.815 bits per heavy atom. The number of fused-ring (bicyclic) bond motifs is 6. The summed E-state index contributed by atoms with van der Waals surface area (Å²) in [7, 11) is 5.12. The molecule has 0 spiro atoms. The fourth-order valence-electron chi connectivity index (χ4n) is 4.36. The monoisotopic (exact) mass is 365 g/mol. The maximum absolute atomic E-state index is 5.59. The number of hydrogen-bond acceptors (Lipinski definition) is 4. The molecule has 0 aromatic heterocycles. The van der Waals surface area contributed by atoms with Crippen LogP contribution in [0.25, 0.3) is 21.5 Å². The Labute approximate surface area is 160 Å². The van der Waals surface area contributed by atoms with E-state index in [1.165, 1.54) is 39.1 Å². The summed E-state index contributed by atoms with van der Waals surface area (Å²) in [6, 6.07) is 10.6. The van der Waals surface area contributed by atoms with Crippen LogP contribution in [0.5, 0.6) is 17.2 Å². The summed E-state index contributed by atoms with van der Waals surface area (Å²) in [5.41, 5.74) is 2.85. The fourth-order valence-corrected chi connectivity index (χ4v) is 4.36. The van der Waals surface area contributed by atoms with Gasteiger partial charge in [-0.05, 0) is 76.3 Å². The first kappa shape index (κ1) is 17.9. The molecule has 27 heavy (non-hydrogen) atoms. The maximum atomic E-state index is 5.59. The summed E-state index contributed by atoms with van der Waals surface area (Å²) < 4.78 is 16.7. The topological polar surface area (TPSA) is 30.9 Å². The van der Waals surface area contributed by atoms with Crippen molar-refractivity contribution in [3.63, 3.8) is 0 Å². The molecule has 0 N–H and O–H groups in total. The van der Waals surface area contributed by atoms with Crippen molar-refractivity contribution in [1.82, 2.24) is 4.90 Å². The third-order valence-corrected chi connectivity index (χ3v) is 5.65. The first-order valence-corrected chi connectivity index (χ1v) is 9.59. The van der Waals surface area contributed by atoms with Gasteiger partial charge in [-0.2, -0.15) is 0 Å². The first-order valence-electron chi connectivity index (χ1n) is 9.59. The van der Waals surface area contributed by atoms with Gasteiger partial charge in [-0.25, -0.2) is 0 Å². The van der Waals surface area contributed by atoms with Crippen molar-refractivity contribution in [2.45, 2.75) is 26.3 Å². The van der Waals surface area contributed by atoms with E-state index in [2.05, 4.69) is 36.1 Å². The van der Waals surface area contributed by atoms with E-state index in [-0.39, 0.29) is 0 Å². The normalized spacial score (nSPS) is 14.4. The molecule has 1 aliphatic heterocycles. The van der Waals surface area contributed by atoms with E-state index in [9.17, 15) is 0 Å². The Hall–Kier alpha value is -2.46. The van der Waals surface area contributed by atoms with Crippen LogP contribution in [0, 0.1) is 0 Å². The minimum absolute atomic E-state index is 0.769. The molecule has 0 unspecified atom stereocenters. The van der Waals surface area contributed by atoms with Crippen molar-refractivity contribution >= 4 is 21.5 Å². The van der Waals surface area contributed by atoms with Crippen LogP contribution in [0.1, 0.15) is 24.5 Å². The second kappa shape index (κ2) is 7.28. The first-order chi connectivity index (χ1) is 13.2. The summed E-state index contributed by atoms with van der Waals surface area (Å²) in [6.45, 7) is 5.46. The van der Waals surface area contributed by atoms with Crippen LogP contribution in [-0.4, -0.2) is 39.3 Å². The summed E-state index contributed by atoms with van der Waals surface area (Å²) >= 11 is 0. The molecule has 142 valence electrons. The molecular formula is C23H27NO3. The lowest BCUT2D eigenvalue weighted by molar-refractivity contribution is 0.256. The second-order valence-electron chi connectivity index (χ2n) is 7.15. The highest BCUT2D eigenvalue weighted by Crippen LogP contribution is 2.42. The molecule has 0 aliphatic carbocycles. The molecule has 4 nitrogen and oxygen atoms in total. The maximum Gasteiger partial charge on any atom is 0.161 e. The lowest BCUT2D eigenvalue weighted by Crippen LogP contribution is -2.31. The standard InChI is InChI=1S/C23H27NO3/c1-5-9-24-10-8-17-20-13-23(27-4)22(26-3)12-19(20)16-7-6-15(25-2)11-18(16)21(17)14-24/h6-7,11-13H,5,8-10,14H2,1-4H3. The fraction of sp³-hybridized carbons (Fsp3) is 0.391. The molecule has 0 saturated carbocycles. The predicted octanol–water partition coefficient (Wildman–Crippen LogP) is 4.79. The van der Waals surface area contributed by atoms with Crippen molar-refractivity contribution in [3.8, 4) is 17.2 Å².